The topological polar surface area (TPSA) is 114 Å². The molecular weight excluding hydrogens is 514 g/mol. The van der Waals surface area contributed by atoms with Gasteiger partial charge in [0.25, 0.3) is 10.0 Å². The second kappa shape index (κ2) is 12.8. The van der Waals surface area contributed by atoms with Crippen LogP contribution in [-0.4, -0.2) is 41.5 Å². The zero-order valence-electron chi connectivity index (χ0n) is 21.4. The minimum atomic E-state index is -4.17. The molecule has 0 fully saturated rings. The van der Waals surface area contributed by atoms with E-state index in [4.69, 9.17) is 0 Å². The lowest BCUT2D eigenvalue weighted by Crippen LogP contribution is -2.46. The molecule has 1 unspecified atom stereocenters. The van der Waals surface area contributed by atoms with Crippen LogP contribution < -0.4 is 9.62 Å². The minimum absolute atomic E-state index is 0.0336. The number of amides is 2. The lowest BCUT2D eigenvalue weighted by Gasteiger charge is -2.25. The number of anilines is 1. The molecular formula is C29H29N5O4S. The summed E-state index contributed by atoms with van der Waals surface area (Å²) in [5.41, 5.74) is 2.83. The number of carbonyl (C=O) groups excluding carboxylic acids is 2. The molecule has 0 saturated heterocycles. The molecule has 0 aliphatic carbocycles. The Morgan fingerprint density at radius 1 is 0.974 bits per heavy atom. The molecule has 0 aliphatic heterocycles. The Labute approximate surface area is 227 Å². The maximum atomic E-state index is 13.7. The van der Waals surface area contributed by atoms with Crippen LogP contribution in [0.2, 0.25) is 0 Å². The molecule has 0 spiro atoms. The summed E-state index contributed by atoms with van der Waals surface area (Å²) >= 11 is 0. The molecule has 0 bridgehead atoms. The Bertz CT molecular complexity index is 1520. The quantitative estimate of drug-likeness (QED) is 0.289. The third-order valence-electron chi connectivity index (χ3n) is 5.95. The van der Waals surface area contributed by atoms with Crippen LogP contribution in [0.15, 0.2) is 103 Å². The number of carbonyl (C=O) groups is 2. The Balaban J connectivity index is 1.57. The fraction of sp³-hybridized carbons (Fsp3) is 0.172. The van der Waals surface area contributed by atoms with Crippen LogP contribution in [-0.2, 0) is 32.6 Å². The van der Waals surface area contributed by atoms with E-state index in [1.807, 2.05) is 36.4 Å². The molecule has 2 aromatic heterocycles. The van der Waals surface area contributed by atoms with E-state index < -0.39 is 27.8 Å². The van der Waals surface area contributed by atoms with Crippen molar-refractivity contribution in [2.75, 3.05) is 11.4 Å². The zero-order valence-corrected chi connectivity index (χ0v) is 22.2. The van der Waals surface area contributed by atoms with Gasteiger partial charge in [-0.15, -0.1) is 0 Å². The van der Waals surface area contributed by atoms with Gasteiger partial charge >= 0.3 is 0 Å². The van der Waals surface area contributed by atoms with Crippen LogP contribution in [0.3, 0.4) is 0 Å². The molecule has 2 amide bonds. The van der Waals surface area contributed by atoms with Crippen LogP contribution in [0.1, 0.15) is 23.6 Å². The summed E-state index contributed by atoms with van der Waals surface area (Å²) < 4.78 is 29.3. The number of hydrogen-bond donors (Lipinski definition) is 1. The zero-order chi connectivity index (χ0) is 27.7. The number of aromatic nitrogens is 3. The predicted octanol–water partition coefficient (Wildman–Crippen LogP) is 3.66. The van der Waals surface area contributed by atoms with Crippen molar-refractivity contribution in [3.8, 4) is 0 Å². The standard InChI is InChI=1S/C29H29N5O4S/c1-2-34(26-14-9-16-30-20-26)29(36)27(18-25-19-31-33(22-25)21-24-12-7-4-8-13-24)28(35)32-39(37,38)17-15-23-10-5-3-6-11-23/h3-17,19-20,22,27H,2,18,21H2,1H3,(H,32,35)/b17-15+. The van der Waals surface area contributed by atoms with Gasteiger partial charge in [0.15, 0.2) is 0 Å². The van der Waals surface area contributed by atoms with Crippen molar-refractivity contribution >= 4 is 33.6 Å². The first-order valence-electron chi connectivity index (χ1n) is 12.4. The second-order valence-electron chi connectivity index (χ2n) is 8.81. The fourth-order valence-electron chi connectivity index (χ4n) is 4.04. The number of pyridine rings is 1. The van der Waals surface area contributed by atoms with Crippen molar-refractivity contribution in [3.05, 3.63) is 120 Å². The summed E-state index contributed by atoms with van der Waals surface area (Å²) in [6, 6.07) is 22.0. The fourth-order valence-corrected chi connectivity index (χ4v) is 4.87. The Morgan fingerprint density at radius 3 is 2.36 bits per heavy atom. The van der Waals surface area contributed by atoms with E-state index in [9.17, 15) is 18.0 Å². The first kappa shape index (κ1) is 27.5. The van der Waals surface area contributed by atoms with E-state index in [-0.39, 0.29) is 13.0 Å². The van der Waals surface area contributed by atoms with Crippen LogP contribution in [0, 0.1) is 5.92 Å². The summed E-state index contributed by atoms with van der Waals surface area (Å²) in [5, 5.41) is 5.28. The molecule has 39 heavy (non-hydrogen) atoms. The predicted molar refractivity (Wildman–Crippen MR) is 150 cm³/mol. The third kappa shape index (κ3) is 7.71. The number of nitrogens with zero attached hydrogens (tertiary/aromatic N) is 4. The van der Waals surface area contributed by atoms with Crippen LogP contribution in [0.5, 0.6) is 0 Å². The van der Waals surface area contributed by atoms with Gasteiger partial charge in [-0.1, -0.05) is 60.7 Å². The van der Waals surface area contributed by atoms with Gasteiger partial charge in [0.2, 0.25) is 11.8 Å². The number of hydrogen-bond acceptors (Lipinski definition) is 6. The Hall–Kier alpha value is -4.57. The van der Waals surface area contributed by atoms with E-state index in [1.54, 1.807) is 66.6 Å². The summed E-state index contributed by atoms with van der Waals surface area (Å²) in [7, 11) is -4.17. The molecule has 200 valence electrons. The van der Waals surface area contributed by atoms with Gasteiger partial charge in [-0.05, 0) is 48.2 Å². The van der Waals surface area contributed by atoms with E-state index in [2.05, 4.69) is 14.8 Å². The molecule has 2 heterocycles. The monoisotopic (exact) mass is 543 g/mol. The third-order valence-corrected chi connectivity index (χ3v) is 6.93. The average Bonchev–Trinajstić information content (AvgIpc) is 3.39. The number of benzene rings is 2. The number of rotatable bonds is 11. The van der Waals surface area contributed by atoms with Gasteiger partial charge in [-0.3, -0.25) is 19.3 Å². The molecule has 1 N–H and O–H groups in total. The number of nitrogens with one attached hydrogen (secondary N) is 1. The molecule has 1 atom stereocenters. The Morgan fingerprint density at radius 2 is 1.69 bits per heavy atom. The molecule has 0 saturated carbocycles. The van der Waals surface area contributed by atoms with E-state index in [0.29, 0.717) is 23.4 Å². The smallest absolute Gasteiger partial charge is 0.257 e. The van der Waals surface area contributed by atoms with Crippen LogP contribution in [0.4, 0.5) is 5.69 Å². The maximum absolute atomic E-state index is 13.7. The lowest BCUT2D eigenvalue weighted by atomic mass is 9.99. The summed E-state index contributed by atoms with van der Waals surface area (Å²) in [4.78, 5) is 32.5. The molecule has 4 rings (SSSR count). The van der Waals surface area contributed by atoms with Crippen LogP contribution >= 0.6 is 0 Å². The van der Waals surface area contributed by atoms with E-state index in [0.717, 1.165) is 11.0 Å². The first-order valence-corrected chi connectivity index (χ1v) is 14.0. The van der Waals surface area contributed by atoms with Crippen molar-refractivity contribution < 1.29 is 18.0 Å². The van der Waals surface area contributed by atoms with Gasteiger partial charge < -0.3 is 4.90 Å². The van der Waals surface area contributed by atoms with Gasteiger partial charge in [0, 0.05) is 18.9 Å². The highest BCUT2D eigenvalue weighted by Crippen LogP contribution is 2.19. The highest BCUT2D eigenvalue weighted by Gasteiger charge is 2.33. The molecule has 9 nitrogen and oxygen atoms in total. The van der Waals surface area contributed by atoms with Crippen molar-refractivity contribution in [3.63, 3.8) is 0 Å². The Kier molecular flexibility index (Phi) is 9.01. The van der Waals surface area contributed by atoms with Gasteiger partial charge in [0.1, 0.15) is 5.92 Å². The van der Waals surface area contributed by atoms with Crippen molar-refractivity contribution in [1.82, 2.24) is 19.5 Å². The molecule has 0 radical (unpaired) electrons. The highest BCUT2D eigenvalue weighted by atomic mass is 32.2. The minimum Gasteiger partial charge on any atom is -0.310 e. The van der Waals surface area contributed by atoms with Gasteiger partial charge in [0.05, 0.1) is 30.0 Å². The van der Waals surface area contributed by atoms with Crippen molar-refractivity contribution in [2.45, 2.75) is 19.9 Å². The number of sulfonamides is 1. The normalized spacial score (nSPS) is 12.2. The van der Waals surface area contributed by atoms with E-state index in [1.165, 1.54) is 17.2 Å². The summed E-state index contributed by atoms with van der Waals surface area (Å²) in [5.74, 6) is -2.78. The molecule has 0 aliphatic rings. The van der Waals surface area contributed by atoms with E-state index >= 15 is 0 Å². The second-order valence-corrected chi connectivity index (χ2v) is 10.4. The molecule has 10 heteroatoms. The van der Waals surface area contributed by atoms with Crippen LogP contribution in [0.25, 0.3) is 6.08 Å². The van der Waals surface area contributed by atoms with Crippen molar-refractivity contribution in [1.29, 1.82) is 0 Å². The van der Waals surface area contributed by atoms with Gasteiger partial charge in [-0.2, -0.15) is 5.10 Å². The SMILES string of the molecule is CCN(C(=O)C(Cc1cnn(Cc2ccccc2)c1)C(=O)NS(=O)(=O)/C=C/c1ccccc1)c1cccnc1. The highest BCUT2D eigenvalue weighted by molar-refractivity contribution is 7.93. The molecule has 2 aromatic carbocycles. The largest absolute Gasteiger partial charge is 0.310 e. The lowest BCUT2D eigenvalue weighted by molar-refractivity contribution is -0.132. The van der Waals surface area contributed by atoms with Crippen molar-refractivity contribution in [2.24, 2.45) is 5.92 Å². The maximum Gasteiger partial charge on any atom is 0.257 e. The summed E-state index contributed by atoms with van der Waals surface area (Å²) in [6.07, 6.45) is 7.79. The summed E-state index contributed by atoms with van der Waals surface area (Å²) in [6.45, 7) is 2.56. The molecule has 4 aromatic rings. The average molecular weight is 544 g/mol. The van der Waals surface area contributed by atoms with Gasteiger partial charge in [-0.25, -0.2) is 13.1 Å². The first-order chi connectivity index (χ1) is 18.8.